The zero-order valence-corrected chi connectivity index (χ0v) is 21.0. The number of ether oxygens (including phenoxy) is 1. The van der Waals surface area contributed by atoms with Gasteiger partial charge in [-0.3, -0.25) is 9.59 Å². The number of carboxylic acids is 1. The minimum Gasteiger partial charge on any atom is -0.481 e. The molecule has 3 rings (SSSR count). The monoisotopic (exact) mass is 480 g/mol. The van der Waals surface area contributed by atoms with Crippen molar-refractivity contribution in [1.82, 2.24) is 10.6 Å². The Morgan fingerprint density at radius 1 is 0.971 bits per heavy atom. The highest BCUT2D eigenvalue weighted by atomic mass is 16.5. The number of hydrogen-bond donors (Lipinski definition) is 3. The summed E-state index contributed by atoms with van der Waals surface area (Å²) in [5.41, 5.74) is 3.87. The molecule has 0 bridgehead atoms. The molecular formula is C28H36N2O5. The van der Waals surface area contributed by atoms with Crippen molar-refractivity contribution in [3.63, 3.8) is 0 Å². The molecule has 0 radical (unpaired) electrons. The van der Waals surface area contributed by atoms with Crippen LogP contribution in [0.2, 0.25) is 0 Å². The van der Waals surface area contributed by atoms with Crippen LogP contribution in [0.1, 0.15) is 57.6 Å². The summed E-state index contributed by atoms with van der Waals surface area (Å²) in [6, 6.07) is 16.3. The predicted molar refractivity (Wildman–Crippen MR) is 135 cm³/mol. The van der Waals surface area contributed by atoms with Gasteiger partial charge < -0.3 is 20.5 Å². The van der Waals surface area contributed by atoms with Gasteiger partial charge >= 0.3 is 12.1 Å². The summed E-state index contributed by atoms with van der Waals surface area (Å²) in [7, 11) is 0. The molecule has 7 heteroatoms. The van der Waals surface area contributed by atoms with E-state index in [-0.39, 0.29) is 37.4 Å². The first-order valence-corrected chi connectivity index (χ1v) is 12.2. The number of rotatable bonds is 11. The summed E-state index contributed by atoms with van der Waals surface area (Å²) >= 11 is 0. The van der Waals surface area contributed by atoms with Crippen LogP contribution in [0.25, 0.3) is 11.1 Å². The molecule has 1 aliphatic rings. The lowest BCUT2D eigenvalue weighted by Gasteiger charge is -2.25. The quantitative estimate of drug-likeness (QED) is 0.428. The third-order valence-corrected chi connectivity index (χ3v) is 6.59. The maximum absolute atomic E-state index is 12.6. The summed E-state index contributed by atoms with van der Waals surface area (Å²) in [4.78, 5) is 36.4. The fraction of sp³-hybridized carbons (Fsp3) is 0.464. The Bertz CT molecular complexity index is 1020. The Hall–Kier alpha value is -3.35. The smallest absolute Gasteiger partial charge is 0.407 e. The van der Waals surface area contributed by atoms with E-state index >= 15 is 0 Å². The van der Waals surface area contributed by atoms with Crippen molar-refractivity contribution in [2.75, 3.05) is 19.7 Å². The normalized spacial score (nSPS) is 13.6. The summed E-state index contributed by atoms with van der Waals surface area (Å²) in [5, 5.41) is 14.9. The van der Waals surface area contributed by atoms with Crippen LogP contribution < -0.4 is 10.6 Å². The van der Waals surface area contributed by atoms with Crippen LogP contribution in [-0.4, -0.2) is 42.8 Å². The van der Waals surface area contributed by atoms with Gasteiger partial charge in [-0.15, -0.1) is 0 Å². The Balaban J connectivity index is 1.46. The molecule has 35 heavy (non-hydrogen) atoms. The first kappa shape index (κ1) is 26.3. The topological polar surface area (TPSA) is 105 Å². The minimum atomic E-state index is -0.909. The van der Waals surface area contributed by atoms with Gasteiger partial charge in [0, 0.05) is 24.4 Å². The van der Waals surface area contributed by atoms with E-state index in [0.29, 0.717) is 12.8 Å². The first-order chi connectivity index (χ1) is 16.6. The second kappa shape index (κ2) is 11.4. The number of benzene rings is 2. The van der Waals surface area contributed by atoms with Crippen LogP contribution in [-0.2, 0) is 14.3 Å². The zero-order chi connectivity index (χ0) is 25.6. The van der Waals surface area contributed by atoms with Gasteiger partial charge in [-0.05, 0) is 41.0 Å². The molecule has 0 fully saturated rings. The molecule has 0 aliphatic heterocycles. The lowest BCUT2D eigenvalue weighted by atomic mass is 9.87. The molecule has 1 aliphatic carbocycles. The molecule has 2 aromatic carbocycles. The molecule has 0 heterocycles. The van der Waals surface area contributed by atoms with Crippen LogP contribution >= 0.6 is 0 Å². The van der Waals surface area contributed by atoms with Gasteiger partial charge in [0.1, 0.15) is 6.61 Å². The molecule has 0 saturated heterocycles. The Kier molecular flexibility index (Phi) is 8.54. The van der Waals surface area contributed by atoms with E-state index in [2.05, 4.69) is 34.9 Å². The van der Waals surface area contributed by atoms with Crippen LogP contribution in [0.15, 0.2) is 48.5 Å². The van der Waals surface area contributed by atoms with Crippen LogP contribution in [0, 0.1) is 17.3 Å². The summed E-state index contributed by atoms with van der Waals surface area (Å²) in [6.07, 6.45) is 0.371. The fourth-order valence-electron chi connectivity index (χ4n) is 4.54. The van der Waals surface area contributed by atoms with E-state index < -0.39 is 23.4 Å². The van der Waals surface area contributed by atoms with E-state index in [0.717, 1.165) is 11.1 Å². The average molecular weight is 481 g/mol. The molecule has 1 unspecified atom stereocenters. The molecule has 0 saturated carbocycles. The Labute approximate surface area is 207 Å². The SMILES string of the molecule is CC(C)CC(CNC(=O)C(C)(C)CCNC(=O)OCC1c2ccccc2-c2ccccc21)C(=O)O. The molecule has 0 aromatic heterocycles. The average Bonchev–Trinajstić information content (AvgIpc) is 3.13. The number of alkyl carbamates (subject to hydrolysis) is 1. The lowest BCUT2D eigenvalue weighted by Crippen LogP contribution is -2.42. The fourth-order valence-corrected chi connectivity index (χ4v) is 4.54. The van der Waals surface area contributed by atoms with Crippen LogP contribution in [0.4, 0.5) is 4.79 Å². The lowest BCUT2D eigenvalue weighted by molar-refractivity contribution is -0.142. The third kappa shape index (κ3) is 6.62. The summed E-state index contributed by atoms with van der Waals surface area (Å²) < 4.78 is 5.54. The predicted octanol–water partition coefficient (Wildman–Crippen LogP) is 4.80. The number of carbonyl (C=O) groups excluding carboxylic acids is 2. The zero-order valence-electron chi connectivity index (χ0n) is 21.0. The van der Waals surface area contributed by atoms with Gasteiger partial charge in [0.05, 0.1) is 5.92 Å². The number of nitrogens with one attached hydrogen (secondary N) is 2. The molecule has 2 aromatic rings. The Morgan fingerprint density at radius 3 is 2.09 bits per heavy atom. The molecule has 7 nitrogen and oxygen atoms in total. The van der Waals surface area contributed by atoms with Gasteiger partial charge in [-0.25, -0.2) is 4.79 Å². The van der Waals surface area contributed by atoms with E-state index in [4.69, 9.17) is 4.74 Å². The maximum atomic E-state index is 12.6. The van der Waals surface area contributed by atoms with E-state index in [1.54, 1.807) is 13.8 Å². The molecular weight excluding hydrogens is 444 g/mol. The highest BCUT2D eigenvalue weighted by Crippen LogP contribution is 2.44. The number of carbonyl (C=O) groups is 3. The Morgan fingerprint density at radius 2 is 1.54 bits per heavy atom. The molecule has 2 amide bonds. The van der Waals surface area contributed by atoms with Crippen molar-refractivity contribution in [3.05, 3.63) is 59.7 Å². The van der Waals surface area contributed by atoms with Gasteiger partial charge in [0.25, 0.3) is 0 Å². The molecule has 3 N–H and O–H groups in total. The van der Waals surface area contributed by atoms with Crippen molar-refractivity contribution in [3.8, 4) is 11.1 Å². The van der Waals surface area contributed by atoms with Gasteiger partial charge in [0.15, 0.2) is 0 Å². The second-order valence-electron chi connectivity index (χ2n) is 10.3. The van der Waals surface area contributed by atoms with Crippen molar-refractivity contribution >= 4 is 18.0 Å². The van der Waals surface area contributed by atoms with Gasteiger partial charge in [-0.2, -0.15) is 0 Å². The van der Waals surface area contributed by atoms with Crippen LogP contribution in [0.3, 0.4) is 0 Å². The minimum absolute atomic E-state index is 0.0108. The van der Waals surface area contributed by atoms with Crippen LogP contribution in [0.5, 0.6) is 0 Å². The molecule has 0 spiro atoms. The standard InChI is InChI=1S/C28H36N2O5/c1-18(2)15-19(25(31)32)16-30-26(33)28(3,4)13-14-29-27(34)35-17-24-22-11-7-5-9-20(22)21-10-6-8-12-23(21)24/h5-12,18-19,24H,13-17H2,1-4H3,(H,29,34)(H,30,33)(H,31,32). The molecule has 1 atom stereocenters. The van der Waals surface area contributed by atoms with E-state index in [1.807, 2.05) is 38.1 Å². The van der Waals surface area contributed by atoms with Gasteiger partial charge in [0.2, 0.25) is 5.91 Å². The van der Waals surface area contributed by atoms with E-state index in [1.165, 1.54) is 11.1 Å². The van der Waals surface area contributed by atoms with Crippen molar-refractivity contribution in [2.24, 2.45) is 17.3 Å². The second-order valence-corrected chi connectivity index (χ2v) is 10.3. The van der Waals surface area contributed by atoms with E-state index in [9.17, 15) is 19.5 Å². The highest BCUT2D eigenvalue weighted by Gasteiger charge is 2.30. The summed E-state index contributed by atoms with van der Waals surface area (Å²) in [5.74, 6) is -1.55. The van der Waals surface area contributed by atoms with Gasteiger partial charge in [-0.1, -0.05) is 76.2 Å². The number of carboxylic acid groups (broad SMARTS) is 1. The number of amides is 2. The third-order valence-electron chi connectivity index (χ3n) is 6.59. The largest absolute Gasteiger partial charge is 0.481 e. The first-order valence-electron chi connectivity index (χ1n) is 12.2. The molecule has 188 valence electrons. The number of aliphatic carboxylic acids is 1. The number of fused-ring (bicyclic) bond motifs is 3. The maximum Gasteiger partial charge on any atom is 0.407 e. The summed E-state index contributed by atoms with van der Waals surface area (Å²) in [6.45, 7) is 8.06. The number of hydrogen-bond acceptors (Lipinski definition) is 4. The van der Waals surface area contributed by atoms with Crippen molar-refractivity contribution in [1.29, 1.82) is 0 Å². The van der Waals surface area contributed by atoms with Crippen molar-refractivity contribution < 1.29 is 24.2 Å². The van der Waals surface area contributed by atoms with Crippen molar-refractivity contribution in [2.45, 2.75) is 46.5 Å². The highest BCUT2D eigenvalue weighted by molar-refractivity contribution is 5.82.